The third-order valence-electron chi connectivity index (χ3n) is 4.44. The molecule has 6 heteroatoms. The summed E-state index contributed by atoms with van der Waals surface area (Å²) < 4.78 is 0. The number of carbonyl (C=O) groups is 1. The van der Waals surface area contributed by atoms with Crippen LogP contribution in [0.15, 0.2) is 42.9 Å². The van der Waals surface area contributed by atoms with Gasteiger partial charge in [-0.1, -0.05) is 12.8 Å². The monoisotopic (exact) mass is 339 g/mol. The predicted molar refractivity (Wildman–Crippen MR) is 99.6 cm³/mol. The van der Waals surface area contributed by atoms with Gasteiger partial charge in [-0.25, -0.2) is 4.79 Å². The number of rotatable bonds is 4. The summed E-state index contributed by atoms with van der Waals surface area (Å²) in [6.07, 6.45) is 9.73. The molecular weight excluding hydrogens is 314 g/mol. The number of nitrogens with zero attached hydrogens (tertiary/aromatic N) is 3. The number of carbonyl (C=O) groups excluding carboxylic acids is 1. The van der Waals surface area contributed by atoms with Crippen LogP contribution in [0, 0.1) is 0 Å². The minimum atomic E-state index is -0.00413. The highest BCUT2D eigenvalue weighted by atomic mass is 16.2. The second-order valence-corrected chi connectivity index (χ2v) is 6.41. The van der Waals surface area contributed by atoms with Crippen molar-refractivity contribution in [1.82, 2.24) is 14.9 Å². The molecule has 2 heterocycles. The first-order valence-electron chi connectivity index (χ1n) is 8.91. The lowest BCUT2D eigenvalue weighted by Crippen LogP contribution is -2.35. The first kappa shape index (κ1) is 17.2. The lowest BCUT2D eigenvalue weighted by atomic mass is 10.2. The Morgan fingerprint density at radius 2 is 1.72 bits per heavy atom. The number of nitrogens with one attached hydrogen (secondary N) is 2. The molecule has 2 amide bonds. The van der Waals surface area contributed by atoms with Gasteiger partial charge >= 0.3 is 6.03 Å². The Morgan fingerprint density at radius 1 is 1.04 bits per heavy atom. The van der Waals surface area contributed by atoms with Gasteiger partial charge in [0.05, 0.1) is 17.9 Å². The first-order chi connectivity index (χ1) is 12.2. The minimum Gasteiger partial charge on any atom is -0.377 e. The van der Waals surface area contributed by atoms with Crippen LogP contribution in [0.25, 0.3) is 0 Å². The Balaban J connectivity index is 1.55. The molecule has 0 spiro atoms. The van der Waals surface area contributed by atoms with E-state index < -0.39 is 0 Å². The quantitative estimate of drug-likeness (QED) is 0.881. The lowest BCUT2D eigenvalue weighted by Gasteiger charge is -2.21. The molecule has 2 N–H and O–H groups in total. The summed E-state index contributed by atoms with van der Waals surface area (Å²) in [5, 5.41) is 6.37. The van der Waals surface area contributed by atoms with E-state index in [1.807, 2.05) is 36.1 Å². The molecule has 0 saturated carbocycles. The minimum absolute atomic E-state index is 0.00413. The van der Waals surface area contributed by atoms with Crippen molar-refractivity contribution in [1.29, 1.82) is 0 Å². The molecule has 1 unspecified atom stereocenters. The van der Waals surface area contributed by atoms with Gasteiger partial charge in [-0.15, -0.1) is 0 Å². The average molecular weight is 339 g/mol. The van der Waals surface area contributed by atoms with Gasteiger partial charge in [-0.05, 0) is 44.0 Å². The number of benzene rings is 1. The van der Waals surface area contributed by atoms with Crippen LogP contribution in [0.5, 0.6) is 0 Å². The molecule has 1 aromatic heterocycles. The van der Waals surface area contributed by atoms with Crippen molar-refractivity contribution in [2.75, 3.05) is 23.7 Å². The fourth-order valence-corrected chi connectivity index (χ4v) is 2.98. The van der Waals surface area contributed by atoms with Gasteiger partial charge in [0.1, 0.15) is 0 Å². The van der Waals surface area contributed by atoms with Crippen molar-refractivity contribution in [3.63, 3.8) is 0 Å². The van der Waals surface area contributed by atoms with E-state index in [1.54, 1.807) is 18.6 Å². The third kappa shape index (κ3) is 4.92. The fourth-order valence-electron chi connectivity index (χ4n) is 2.98. The van der Waals surface area contributed by atoms with E-state index in [4.69, 9.17) is 0 Å². The molecule has 1 aliphatic heterocycles. The van der Waals surface area contributed by atoms with Crippen LogP contribution in [0.1, 0.15) is 44.3 Å². The van der Waals surface area contributed by atoms with Crippen LogP contribution >= 0.6 is 0 Å². The van der Waals surface area contributed by atoms with E-state index in [-0.39, 0.29) is 12.1 Å². The van der Waals surface area contributed by atoms with Crippen molar-refractivity contribution >= 4 is 17.4 Å². The van der Waals surface area contributed by atoms with Crippen molar-refractivity contribution < 1.29 is 4.79 Å². The van der Waals surface area contributed by atoms with Crippen molar-refractivity contribution in [3.05, 3.63) is 48.5 Å². The summed E-state index contributed by atoms with van der Waals surface area (Å²) in [6.45, 7) is 3.74. The summed E-state index contributed by atoms with van der Waals surface area (Å²) in [6, 6.07) is 7.82. The van der Waals surface area contributed by atoms with Crippen LogP contribution in [0.2, 0.25) is 0 Å². The van der Waals surface area contributed by atoms with E-state index in [0.717, 1.165) is 43.0 Å². The van der Waals surface area contributed by atoms with Crippen LogP contribution in [-0.2, 0) is 0 Å². The smallest absolute Gasteiger partial charge is 0.321 e. The number of anilines is 2. The maximum Gasteiger partial charge on any atom is 0.321 e. The molecule has 25 heavy (non-hydrogen) atoms. The lowest BCUT2D eigenvalue weighted by molar-refractivity contribution is 0.214. The van der Waals surface area contributed by atoms with Gasteiger partial charge in [0.15, 0.2) is 0 Å². The molecule has 3 rings (SSSR count). The van der Waals surface area contributed by atoms with E-state index in [9.17, 15) is 4.79 Å². The van der Waals surface area contributed by atoms with E-state index in [2.05, 4.69) is 20.6 Å². The molecule has 1 fully saturated rings. The number of aromatic nitrogens is 2. The van der Waals surface area contributed by atoms with Gasteiger partial charge < -0.3 is 15.5 Å². The SMILES string of the molecule is CC(Nc1ccc(NC(=O)N2CCCCCC2)cc1)c1cnccn1. The molecule has 1 aromatic carbocycles. The van der Waals surface area contributed by atoms with Gasteiger partial charge in [-0.2, -0.15) is 0 Å². The Morgan fingerprint density at radius 3 is 2.36 bits per heavy atom. The number of hydrogen-bond donors (Lipinski definition) is 2. The summed E-state index contributed by atoms with van der Waals surface area (Å²) >= 11 is 0. The van der Waals surface area contributed by atoms with E-state index in [1.165, 1.54) is 12.8 Å². The normalized spacial score (nSPS) is 16.0. The zero-order chi connectivity index (χ0) is 17.5. The Labute approximate surface area is 148 Å². The predicted octanol–water partition coefficient (Wildman–Crippen LogP) is 4.06. The Kier molecular flexibility index (Phi) is 5.82. The summed E-state index contributed by atoms with van der Waals surface area (Å²) in [5.41, 5.74) is 2.68. The standard InChI is InChI=1S/C19H25N5O/c1-15(18-14-20-10-11-21-18)22-16-6-8-17(9-7-16)23-19(25)24-12-4-2-3-5-13-24/h6-11,14-15,22H,2-5,12-13H2,1H3,(H,23,25). The molecular formula is C19H25N5O. The maximum absolute atomic E-state index is 12.4. The van der Waals surface area contributed by atoms with Crippen LogP contribution in [0.4, 0.5) is 16.2 Å². The van der Waals surface area contributed by atoms with Gasteiger partial charge in [0, 0.05) is 36.9 Å². The molecule has 6 nitrogen and oxygen atoms in total. The summed E-state index contributed by atoms with van der Waals surface area (Å²) in [4.78, 5) is 22.7. The highest BCUT2D eigenvalue weighted by molar-refractivity contribution is 5.89. The van der Waals surface area contributed by atoms with Gasteiger partial charge in [0.2, 0.25) is 0 Å². The molecule has 1 atom stereocenters. The second-order valence-electron chi connectivity index (χ2n) is 6.41. The zero-order valence-corrected chi connectivity index (χ0v) is 14.6. The topological polar surface area (TPSA) is 70.2 Å². The second kappa shape index (κ2) is 8.46. The first-order valence-corrected chi connectivity index (χ1v) is 8.91. The highest BCUT2D eigenvalue weighted by Gasteiger charge is 2.15. The van der Waals surface area contributed by atoms with Crippen molar-refractivity contribution in [3.8, 4) is 0 Å². The van der Waals surface area contributed by atoms with E-state index in [0.29, 0.717) is 0 Å². The van der Waals surface area contributed by atoms with Crippen molar-refractivity contribution in [2.45, 2.75) is 38.6 Å². The summed E-state index contributed by atoms with van der Waals surface area (Å²) in [5.74, 6) is 0. The molecule has 0 bridgehead atoms. The average Bonchev–Trinajstić information content (AvgIpc) is 2.93. The number of hydrogen-bond acceptors (Lipinski definition) is 4. The van der Waals surface area contributed by atoms with Gasteiger partial charge in [-0.3, -0.25) is 9.97 Å². The summed E-state index contributed by atoms with van der Waals surface area (Å²) in [7, 11) is 0. The molecule has 1 saturated heterocycles. The largest absolute Gasteiger partial charge is 0.377 e. The molecule has 0 radical (unpaired) electrons. The van der Waals surface area contributed by atoms with Crippen LogP contribution < -0.4 is 10.6 Å². The van der Waals surface area contributed by atoms with Crippen LogP contribution in [-0.4, -0.2) is 34.0 Å². The number of likely N-dealkylation sites (tertiary alicyclic amines) is 1. The number of amides is 2. The molecule has 2 aromatic rings. The number of urea groups is 1. The van der Waals surface area contributed by atoms with Gasteiger partial charge in [0.25, 0.3) is 0 Å². The van der Waals surface area contributed by atoms with Crippen molar-refractivity contribution in [2.24, 2.45) is 0 Å². The molecule has 0 aliphatic carbocycles. The molecule has 1 aliphatic rings. The van der Waals surface area contributed by atoms with E-state index >= 15 is 0 Å². The van der Waals surface area contributed by atoms with Crippen LogP contribution in [0.3, 0.4) is 0 Å². The third-order valence-corrected chi connectivity index (χ3v) is 4.44. The zero-order valence-electron chi connectivity index (χ0n) is 14.6. The Hall–Kier alpha value is -2.63. The fraction of sp³-hybridized carbons (Fsp3) is 0.421. The Bertz CT molecular complexity index is 666. The highest BCUT2D eigenvalue weighted by Crippen LogP contribution is 2.20. The maximum atomic E-state index is 12.4. The molecule has 132 valence electrons.